The van der Waals surface area contributed by atoms with E-state index in [1.54, 1.807) is 36.4 Å². The van der Waals surface area contributed by atoms with Gasteiger partial charge in [-0.05, 0) is 17.7 Å². The van der Waals surface area contributed by atoms with Crippen molar-refractivity contribution in [3.05, 3.63) is 82.0 Å². The van der Waals surface area contributed by atoms with Gasteiger partial charge in [0.1, 0.15) is 22.5 Å². The van der Waals surface area contributed by atoms with Crippen LogP contribution in [-0.4, -0.2) is 21.3 Å². The molecule has 0 saturated heterocycles. The van der Waals surface area contributed by atoms with Crippen LogP contribution >= 0.6 is 0 Å². The Bertz CT molecular complexity index is 1390. The fraction of sp³-hybridized carbons (Fsp3) is 0.0833. The summed E-state index contributed by atoms with van der Waals surface area (Å²) >= 11 is 0. The number of fused-ring (bicyclic) bond motifs is 3. The number of esters is 1. The smallest absolute Gasteiger partial charge is 0.312 e. The maximum atomic E-state index is 12.9. The lowest BCUT2D eigenvalue weighted by Gasteiger charge is -2.26. The molecule has 1 aliphatic heterocycles. The summed E-state index contributed by atoms with van der Waals surface area (Å²) in [6.45, 7) is 0. The van der Waals surface area contributed by atoms with Crippen LogP contribution in [0.25, 0.3) is 22.3 Å². The van der Waals surface area contributed by atoms with Crippen molar-refractivity contribution in [3.8, 4) is 34.3 Å². The molecule has 4 aromatic rings. The van der Waals surface area contributed by atoms with Gasteiger partial charge in [-0.3, -0.25) is 9.59 Å². The first-order valence-corrected chi connectivity index (χ1v) is 9.54. The monoisotopic (exact) mass is 416 g/mol. The molecular weight excluding hydrogens is 400 g/mol. The number of aromatic hydroxyl groups is 3. The van der Waals surface area contributed by atoms with Crippen LogP contribution in [0.4, 0.5) is 0 Å². The molecule has 7 heteroatoms. The Labute approximate surface area is 175 Å². The van der Waals surface area contributed by atoms with Gasteiger partial charge in [0.2, 0.25) is 5.75 Å². The molecule has 1 aromatic heterocycles. The van der Waals surface area contributed by atoms with Crippen LogP contribution in [-0.2, 0) is 4.79 Å². The Morgan fingerprint density at radius 3 is 2.29 bits per heavy atom. The minimum absolute atomic E-state index is 0.0298. The Morgan fingerprint density at radius 2 is 1.58 bits per heavy atom. The molecule has 0 amide bonds. The molecule has 0 saturated carbocycles. The van der Waals surface area contributed by atoms with Crippen LogP contribution in [0, 0.1) is 0 Å². The van der Waals surface area contributed by atoms with Crippen LogP contribution in [0.1, 0.15) is 23.5 Å². The molecule has 0 radical (unpaired) electrons. The summed E-state index contributed by atoms with van der Waals surface area (Å²) in [6.07, 6.45) is -0.0731. The summed E-state index contributed by atoms with van der Waals surface area (Å²) in [6, 6.07) is 16.4. The molecule has 31 heavy (non-hydrogen) atoms. The molecule has 5 rings (SSSR count). The van der Waals surface area contributed by atoms with Gasteiger partial charge in [0.25, 0.3) is 0 Å². The molecule has 0 fully saturated rings. The summed E-state index contributed by atoms with van der Waals surface area (Å²) in [4.78, 5) is 25.2. The molecular formula is C24H16O7. The zero-order valence-electron chi connectivity index (χ0n) is 16.0. The second kappa shape index (κ2) is 6.91. The van der Waals surface area contributed by atoms with Crippen molar-refractivity contribution in [2.24, 2.45) is 0 Å². The van der Waals surface area contributed by atoms with E-state index in [4.69, 9.17) is 9.15 Å². The van der Waals surface area contributed by atoms with Crippen molar-refractivity contribution in [2.45, 2.75) is 12.3 Å². The molecule has 0 bridgehead atoms. The van der Waals surface area contributed by atoms with E-state index in [0.717, 1.165) is 0 Å². The lowest BCUT2D eigenvalue weighted by atomic mass is 9.84. The molecule has 0 aliphatic carbocycles. The van der Waals surface area contributed by atoms with Gasteiger partial charge >= 0.3 is 5.97 Å². The molecule has 154 valence electrons. The Hall–Kier alpha value is -4.26. The van der Waals surface area contributed by atoms with Crippen molar-refractivity contribution in [3.63, 3.8) is 0 Å². The first kappa shape index (κ1) is 18.7. The third-order valence-corrected chi connectivity index (χ3v) is 5.40. The predicted octanol–water partition coefficient (Wildman–Crippen LogP) is 4.02. The molecule has 0 spiro atoms. The minimum Gasteiger partial charge on any atom is -0.508 e. The Kier molecular flexibility index (Phi) is 4.18. The largest absolute Gasteiger partial charge is 0.508 e. The number of carbonyl (C=O) groups excluding carboxylic acids is 1. The Balaban J connectivity index is 1.87. The van der Waals surface area contributed by atoms with E-state index >= 15 is 0 Å². The molecule has 1 aliphatic rings. The van der Waals surface area contributed by atoms with Crippen LogP contribution in [0.3, 0.4) is 0 Å². The minimum atomic E-state index is -0.707. The fourth-order valence-electron chi connectivity index (χ4n) is 3.94. The van der Waals surface area contributed by atoms with E-state index in [1.807, 2.05) is 6.07 Å². The van der Waals surface area contributed by atoms with Gasteiger partial charge < -0.3 is 24.5 Å². The van der Waals surface area contributed by atoms with Gasteiger partial charge in [0.15, 0.2) is 16.9 Å². The number of hydrogen-bond donors (Lipinski definition) is 3. The summed E-state index contributed by atoms with van der Waals surface area (Å²) in [5.74, 6) is -2.56. The summed E-state index contributed by atoms with van der Waals surface area (Å²) in [5.41, 5.74) is 1.07. The molecule has 3 aromatic carbocycles. The average molecular weight is 416 g/mol. The van der Waals surface area contributed by atoms with Crippen LogP contribution < -0.4 is 10.2 Å². The molecule has 1 atom stereocenters. The van der Waals surface area contributed by atoms with Crippen molar-refractivity contribution < 1.29 is 29.3 Å². The van der Waals surface area contributed by atoms with E-state index in [1.165, 1.54) is 18.2 Å². The van der Waals surface area contributed by atoms with E-state index < -0.39 is 28.8 Å². The zero-order valence-corrected chi connectivity index (χ0v) is 16.0. The molecule has 2 heterocycles. The number of hydrogen-bond acceptors (Lipinski definition) is 7. The number of rotatable bonds is 2. The zero-order chi connectivity index (χ0) is 21.7. The van der Waals surface area contributed by atoms with E-state index in [-0.39, 0.29) is 40.2 Å². The third kappa shape index (κ3) is 2.98. The maximum Gasteiger partial charge on any atom is 0.312 e. The second-order valence-electron chi connectivity index (χ2n) is 7.31. The van der Waals surface area contributed by atoms with Crippen LogP contribution in [0.15, 0.2) is 69.9 Å². The standard InChI is InChI=1S/C24H16O7/c25-14-8-6-12(7-9-14)15-10-18(27)31-24-19(15)23-20(21(28)22(24)29)16(26)11-17(30-23)13-4-2-1-3-5-13/h1-9,11,15,25,28-29H,10H2/t15-/m0/s1. The van der Waals surface area contributed by atoms with Gasteiger partial charge in [0, 0.05) is 17.5 Å². The predicted molar refractivity (Wildman–Crippen MR) is 111 cm³/mol. The number of ether oxygens (including phenoxy) is 1. The molecule has 0 unspecified atom stereocenters. The van der Waals surface area contributed by atoms with Gasteiger partial charge in [-0.2, -0.15) is 0 Å². The van der Waals surface area contributed by atoms with Crippen LogP contribution in [0.5, 0.6) is 23.0 Å². The Morgan fingerprint density at radius 1 is 0.871 bits per heavy atom. The number of phenolic OH excluding ortho intramolecular Hbond substituents is 3. The van der Waals surface area contributed by atoms with Gasteiger partial charge in [-0.15, -0.1) is 0 Å². The number of phenols is 3. The highest BCUT2D eigenvalue weighted by Gasteiger charge is 2.36. The van der Waals surface area contributed by atoms with Crippen molar-refractivity contribution in [1.29, 1.82) is 0 Å². The van der Waals surface area contributed by atoms with E-state index in [0.29, 0.717) is 11.1 Å². The third-order valence-electron chi connectivity index (χ3n) is 5.40. The van der Waals surface area contributed by atoms with E-state index in [9.17, 15) is 24.9 Å². The highest BCUT2D eigenvalue weighted by Crippen LogP contribution is 2.52. The normalized spacial score (nSPS) is 15.5. The van der Waals surface area contributed by atoms with Crippen LogP contribution in [0.2, 0.25) is 0 Å². The first-order chi connectivity index (χ1) is 14.9. The first-order valence-electron chi connectivity index (χ1n) is 9.54. The lowest BCUT2D eigenvalue weighted by Crippen LogP contribution is -2.22. The van der Waals surface area contributed by atoms with Gasteiger partial charge in [-0.25, -0.2) is 0 Å². The highest BCUT2D eigenvalue weighted by atomic mass is 16.5. The summed E-state index contributed by atoms with van der Waals surface area (Å²) < 4.78 is 11.3. The molecule has 3 N–H and O–H groups in total. The van der Waals surface area contributed by atoms with E-state index in [2.05, 4.69) is 0 Å². The number of carbonyl (C=O) groups is 1. The summed E-state index contributed by atoms with van der Waals surface area (Å²) in [5, 5.41) is 30.5. The second-order valence-corrected chi connectivity index (χ2v) is 7.31. The van der Waals surface area contributed by atoms with Crippen molar-refractivity contribution in [2.75, 3.05) is 0 Å². The lowest BCUT2D eigenvalue weighted by molar-refractivity contribution is -0.135. The fourth-order valence-corrected chi connectivity index (χ4v) is 3.94. The van der Waals surface area contributed by atoms with Gasteiger partial charge in [-0.1, -0.05) is 42.5 Å². The molecule has 7 nitrogen and oxygen atoms in total. The topological polar surface area (TPSA) is 117 Å². The average Bonchev–Trinajstić information content (AvgIpc) is 2.77. The number of benzene rings is 3. The summed E-state index contributed by atoms with van der Waals surface area (Å²) in [7, 11) is 0. The maximum absolute atomic E-state index is 12.9. The van der Waals surface area contributed by atoms with Crippen molar-refractivity contribution >= 4 is 16.9 Å². The quantitative estimate of drug-likeness (QED) is 0.257. The highest BCUT2D eigenvalue weighted by molar-refractivity contribution is 5.96. The van der Waals surface area contributed by atoms with Crippen molar-refractivity contribution in [1.82, 2.24) is 0 Å². The van der Waals surface area contributed by atoms with Gasteiger partial charge in [0.05, 0.1) is 12.0 Å². The SMILES string of the molecule is O=C1C[C@@H](c2ccc(O)cc2)c2c(c(O)c(O)c3c(=O)cc(-c4ccccc4)oc23)O1.